The molecular formula is C11H17N. The Labute approximate surface area is 75.6 Å². The fourth-order valence-corrected chi connectivity index (χ4v) is 0.865. The second-order valence-corrected chi connectivity index (χ2v) is 3.47. The molecule has 0 saturated carbocycles. The first-order valence-corrected chi connectivity index (χ1v) is 4.18. The number of nitrogens with zero attached hydrogens (tertiary/aromatic N) is 1. The normalized spacial score (nSPS) is 11.4. The van der Waals surface area contributed by atoms with Crippen molar-refractivity contribution in [2.24, 2.45) is 10.4 Å². The van der Waals surface area contributed by atoms with Crippen molar-refractivity contribution in [2.45, 2.75) is 26.7 Å². The van der Waals surface area contributed by atoms with Gasteiger partial charge in [0, 0.05) is 24.6 Å². The Balaban J connectivity index is 3.80. The molecule has 0 aliphatic heterocycles. The quantitative estimate of drug-likeness (QED) is 0.256. The van der Waals surface area contributed by atoms with E-state index in [2.05, 4.69) is 31.3 Å². The van der Waals surface area contributed by atoms with Crippen LogP contribution >= 0.6 is 0 Å². The lowest BCUT2D eigenvalue weighted by Crippen LogP contribution is -2.11. The van der Waals surface area contributed by atoms with Gasteiger partial charge in [-0.25, -0.2) is 0 Å². The van der Waals surface area contributed by atoms with E-state index in [0.29, 0.717) is 0 Å². The van der Waals surface area contributed by atoms with Crippen LogP contribution in [0.4, 0.5) is 0 Å². The lowest BCUT2D eigenvalue weighted by molar-refractivity contribution is 0.544. The Kier molecular flexibility index (Phi) is 5.12. The standard InChI is InChI=1S/C11H17N/c1-5-7-9-12-10-11(3,4)8-6-2/h1,6,10H,2,7-9H2,3-4H3. The zero-order chi connectivity index (χ0) is 9.45. The van der Waals surface area contributed by atoms with Crippen LogP contribution in [0.25, 0.3) is 0 Å². The molecule has 0 aliphatic carbocycles. The maximum absolute atomic E-state index is 5.10. The second-order valence-electron chi connectivity index (χ2n) is 3.47. The van der Waals surface area contributed by atoms with Crippen LogP contribution in [0.5, 0.6) is 0 Å². The summed E-state index contributed by atoms with van der Waals surface area (Å²) in [7, 11) is 0. The fraction of sp³-hybridized carbons (Fsp3) is 0.545. The molecule has 0 heterocycles. The predicted octanol–water partition coefficient (Wildman–Crippen LogP) is 2.68. The summed E-state index contributed by atoms with van der Waals surface area (Å²) in [5.74, 6) is 2.55. The van der Waals surface area contributed by atoms with Crippen LogP contribution in [-0.2, 0) is 0 Å². The highest BCUT2D eigenvalue weighted by Gasteiger charge is 2.11. The average molecular weight is 163 g/mol. The number of hydrogen-bond acceptors (Lipinski definition) is 1. The van der Waals surface area contributed by atoms with Gasteiger partial charge in [0.1, 0.15) is 0 Å². The molecule has 0 unspecified atom stereocenters. The Morgan fingerprint density at radius 2 is 2.25 bits per heavy atom. The highest BCUT2D eigenvalue weighted by Crippen LogP contribution is 2.17. The van der Waals surface area contributed by atoms with E-state index in [1.165, 1.54) is 0 Å². The summed E-state index contributed by atoms with van der Waals surface area (Å²) < 4.78 is 0. The summed E-state index contributed by atoms with van der Waals surface area (Å²) in [4.78, 5) is 4.24. The molecule has 0 saturated heterocycles. The van der Waals surface area contributed by atoms with Crippen molar-refractivity contribution in [3.05, 3.63) is 12.7 Å². The topological polar surface area (TPSA) is 12.4 Å². The lowest BCUT2D eigenvalue weighted by atomic mass is 9.91. The molecule has 0 fully saturated rings. The van der Waals surface area contributed by atoms with E-state index < -0.39 is 0 Å². The van der Waals surface area contributed by atoms with Crippen molar-refractivity contribution in [3.8, 4) is 12.3 Å². The SMILES string of the molecule is C#CCCN=CC(C)(C)CC=C. The van der Waals surface area contributed by atoms with Crippen LogP contribution in [0.3, 0.4) is 0 Å². The molecule has 0 aromatic rings. The second kappa shape index (κ2) is 5.60. The zero-order valence-electron chi connectivity index (χ0n) is 8.01. The molecule has 0 spiro atoms. The first-order valence-electron chi connectivity index (χ1n) is 4.18. The Bertz CT molecular complexity index is 194. The van der Waals surface area contributed by atoms with Gasteiger partial charge in [-0.05, 0) is 6.42 Å². The molecule has 0 atom stereocenters. The Morgan fingerprint density at radius 1 is 1.58 bits per heavy atom. The highest BCUT2D eigenvalue weighted by molar-refractivity contribution is 5.64. The van der Waals surface area contributed by atoms with Gasteiger partial charge in [-0.15, -0.1) is 18.9 Å². The minimum absolute atomic E-state index is 0.121. The molecule has 0 aromatic carbocycles. The van der Waals surface area contributed by atoms with E-state index in [-0.39, 0.29) is 5.41 Å². The van der Waals surface area contributed by atoms with E-state index >= 15 is 0 Å². The lowest BCUT2D eigenvalue weighted by Gasteiger charge is -2.15. The third kappa shape index (κ3) is 5.73. The Morgan fingerprint density at radius 3 is 2.75 bits per heavy atom. The van der Waals surface area contributed by atoms with Crippen LogP contribution in [0.2, 0.25) is 0 Å². The predicted molar refractivity (Wildman–Crippen MR) is 55.4 cm³/mol. The van der Waals surface area contributed by atoms with Crippen LogP contribution < -0.4 is 0 Å². The van der Waals surface area contributed by atoms with E-state index in [1.54, 1.807) is 0 Å². The van der Waals surface area contributed by atoms with Crippen molar-refractivity contribution in [2.75, 3.05) is 6.54 Å². The van der Waals surface area contributed by atoms with Gasteiger partial charge in [-0.1, -0.05) is 19.9 Å². The maximum atomic E-state index is 5.10. The molecule has 0 rings (SSSR count). The summed E-state index contributed by atoms with van der Waals surface area (Å²) in [6.07, 6.45) is 10.6. The minimum Gasteiger partial charge on any atom is -0.296 e. The smallest absolute Gasteiger partial charge is 0.0495 e. The van der Waals surface area contributed by atoms with E-state index in [0.717, 1.165) is 19.4 Å². The van der Waals surface area contributed by atoms with Crippen LogP contribution in [-0.4, -0.2) is 12.8 Å². The maximum Gasteiger partial charge on any atom is 0.0495 e. The molecule has 66 valence electrons. The first-order chi connectivity index (χ1) is 5.62. The van der Waals surface area contributed by atoms with Gasteiger partial charge in [0.2, 0.25) is 0 Å². The van der Waals surface area contributed by atoms with E-state index in [9.17, 15) is 0 Å². The van der Waals surface area contributed by atoms with E-state index in [1.807, 2.05) is 12.3 Å². The molecule has 0 N–H and O–H groups in total. The first kappa shape index (κ1) is 11.0. The monoisotopic (exact) mass is 163 g/mol. The third-order valence-electron chi connectivity index (χ3n) is 1.50. The Hall–Kier alpha value is -1.03. The third-order valence-corrected chi connectivity index (χ3v) is 1.50. The number of allylic oxidation sites excluding steroid dienone is 1. The molecule has 0 radical (unpaired) electrons. The van der Waals surface area contributed by atoms with Gasteiger partial charge < -0.3 is 0 Å². The van der Waals surface area contributed by atoms with Crippen molar-refractivity contribution in [3.63, 3.8) is 0 Å². The molecule has 0 bridgehead atoms. The molecule has 0 amide bonds. The largest absolute Gasteiger partial charge is 0.296 e. The molecular weight excluding hydrogens is 146 g/mol. The minimum atomic E-state index is 0.121. The van der Waals surface area contributed by atoms with Gasteiger partial charge >= 0.3 is 0 Å². The van der Waals surface area contributed by atoms with Crippen molar-refractivity contribution in [1.29, 1.82) is 0 Å². The van der Waals surface area contributed by atoms with Gasteiger partial charge in [-0.2, -0.15) is 0 Å². The average Bonchev–Trinajstić information content (AvgIpc) is 1.98. The van der Waals surface area contributed by atoms with Crippen molar-refractivity contribution < 1.29 is 0 Å². The fourth-order valence-electron chi connectivity index (χ4n) is 0.865. The molecule has 0 aromatic heterocycles. The summed E-state index contributed by atoms with van der Waals surface area (Å²) in [5.41, 5.74) is 0.121. The highest BCUT2D eigenvalue weighted by atomic mass is 14.7. The number of aliphatic imine (C=N–C) groups is 1. The summed E-state index contributed by atoms with van der Waals surface area (Å²) >= 11 is 0. The zero-order valence-corrected chi connectivity index (χ0v) is 8.01. The number of hydrogen-bond donors (Lipinski definition) is 0. The molecule has 12 heavy (non-hydrogen) atoms. The summed E-state index contributed by atoms with van der Waals surface area (Å²) in [5, 5.41) is 0. The number of rotatable bonds is 5. The van der Waals surface area contributed by atoms with Crippen LogP contribution in [0, 0.1) is 17.8 Å². The van der Waals surface area contributed by atoms with Crippen molar-refractivity contribution in [1.82, 2.24) is 0 Å². The molecule has 1 nitrogen and oxygen atoms in total. The van der Waals surface area contributed by atoms with Crippen LogP contribution in [0.15, 0.2) is 17.6 Å². The van der Waals surface area contributed by atoms with Gasteiger partial charge in [-0.3, -0.25) is 4.99 Å². The summed E-state index contributed by atoms with van der Waals surface area (Å²) in [6, 6.07) is 0. The van der Waals surface area contributed by atoms with E-state index in [4.69, 9.17) is 6.42 Å². The van der Waals surface area contributed by atoms with Crippen molar-refractivity contribution >= 4 is 6.21 Å². The molecule has 1 heteroatoms. The van der Waals surface area contributed by atoms with Crippen LogP contribution in [0.1, 0.15) is 26.7 Å². The van der Waals surface area contributed by atoms with Gasteiger partial charge in [0.25, 0.3) is 0 Å². The van der Waals surface area contributed by atoms with Gasteiger partial charge in [0.15, 0.2) is 0 Å². The molecule has 0 aliphatic rings. The summed E-state index contributed by atoms with van der Waals surface area (Å²) in [6.45, 7) is 8.70. The van der Waals surface area contributed by atoms with Gasteiger partial charge in [0.05, 0.1) is 0 Å². The number of terminal acetylenes is 1.